The molecule has 2 aliphatic heterocycles. The number of amides is 1. The first-order valence-corrected chi connectivity index (χ1v) is 15.3. The maximum Gasteiger partial charge on any atom is 0.305 e. The molecule has 0 bridgehead atoms. The zero-order valence-corrected chi connectivity index (χ0v) is 26.4. The van der Waals surface area contributed by atoms with E-state index < -0.39 is 0 Å². The van der Waals surface area contributed by atoms with Gasteiger partial charge in [-0.25, -0.2) is 15.0 Å². The number of aromatic nitrogens is 3. The molecule has 3 aromatic rings. The summed E-state index contributed by atoms with van der Waals surface area (Å²) in [6, 6.07) is 9.26. The molecule has 0 saturated carbocycles. The lowest BCUT2D eigenvalue weighted by molar-refractivity contribution is -0.142. The van der Waals surface area contributed by atoms with Crippen LogP contribution >= 0.6 is 23.2 Å². The highest BCUT2D eigenvalue weighted by atomic mass is 35.5. The number of benzene rings is 1. The van der Waals surface area contributed by atoms with Crippen LogP contribution in [-0.2, 0) is 25.6 Å². The van der Waals surface area contributed by atoms with Crippen molar-refractivity contribution in [3.63, 3.8) is 0 Å². The van der Waals surface area contributed by atoms with E-state index in [1.54, 1.807) is 23.4 Å². The topological polar surface area (TPSA) is 110 Å². The van der Waals surface area contributed by atoms with Gasteiger partial charge in [-0.15, -0.1) is 0 Å². The maximum atomic E-state index is 12.1. The Kier molecular flexibility index (Phi) is 10.9. The molecule has 0 unspecified atom stereocenters. The number of likely N-dealkylation sites (tertiary alicyclic amines) is 1. The summed E-state index contributed by atoms with van der Waals surface area (Å²) in [4.78, 5) is 43.8. The molecule has 2 aliphatic rings. The fourth-order valence-electron chi connectivity index (χ4n) is 5.49. The van der Waals surface area contributed by atoms with E-state index in [4.69, 9.17) is 42.4 Å². The van der Waals surface area contributed by atoms with Crippen LogP contribution in [0.15, 0.2) is 42.7 Å². The first-order valence-electron chi connectivity index (χ1n) is 14.6. The lowest BCUT2D eigenvalue weighted by Gasteiger charge is -2.34. The molecule has 13 heteroatoms. The van der Waals surface area contributed by atoms with Crippen LogP contribution in [0.25, 0.3) is 11.3 Å². The summed E-state index contributed by atoms with van der Waals surface area (Å²) in [6.45, 7) is 4.96. The predicted octanol–water partition coefficient (Wildman–Crippen LogP) is 4.71. The van der Waals surface area contributed by atoms with Crippen LogP contribution in [0.2, 0.25) is 10.0 Å². The molecular weight excluding hydrogens is 607 g/mol. The van der Waals surface area contributed by atoms with E-state index in [-0.39, 0.29) is 18.5 Å². The molecule has 0 radical (unpaired) electrons. The highest BCUT2D eigenvalue weighted by Crippen LogP contribution is 2.31. The molecule has 234 valence electrons. The fourth-order valence-corrected chi connectivity index (χ4v) is 6.02. The number of carbonyl (C=O) groups is 2. The summed E-state index contributed by atoms with van der Waals surface area (Å²) in [5.74, 6) is 1.58. The Hall–Kier alpha value is -3.51. The molecule has 2 fully saturated rings. The average molecular weight is 644 g/mol. The molecule has 5 rings (SSSR count). The molecule has 0 aliphatic carbocycles. The average Bonchev–Trinajstić information content (AvgIpc) is 3.02. The monoisotopic (exact) mass is 642 g/mol. The van der Waals surface area contributed by atoms with Crippen LogP contribution in [0, 0.1) is 5.92 Å². The number of piperidine rings is 1. The van der Waals surface area contributed by atoms with Gasteiger partial charge in [0.1, 0.15) is 6.61 Å². The van der Waals surface area contributed by atoms with Gasteiger partial charge in [-0.05, 0) is 61.7 Å². The van der Waals surface area contributed by atoms with Gasteiger partial charge < -0.3 is 24.0 Å². The van der Waals surface area contributed by atoms with Crippen LogP contribution < -0.4 is 9.64 Å². The Morgan fingerprint density at radius 2 is 1.59 bits per heavy atom. The van der Waals surface area contributed by atoms with E-state index in [2.05, 4.69) is 14.9 Å². The van der Waals surface area contributed by atoms with Gasteiger partial charge in [-0.3, -0.25) is 14.5 Å². The SMILES string of the molecule is COCC(=O)N1CCN(c2ncc(Oc3cc(CN4CCC(CC(=O)OC)CC4)cc(-c4cc(Cl)cc(Cl)c4)n3)cn2)CC1. The molecule has 44 heavy (non-hydrogen) atoms. The molecular formula is C31H36Cl2N6O5. The smallest absolute Gasteiger partial charge is 0.305 e. The number of pyridine rings is 1. The lowest BCUT2D eigenvalue weighted by atomic mass is 9.93. The quantitative estimate of drug-likeness (QED) is 0.288. The van der Waals surface area contributed by atoms with Gasteiger partial charge in [0.2, 0.25) is 17.7 Å². The second-order valence-electron chi connectivity index (χ2n) is 11.0. The first kappa shape index (κ1) is 31.9. The number of anilines is 1. The molecule has 2 aromatic heterocycles. The van der Waals surface area contributed by atoms with E-state index in [0.717, 1.165) is 37.1 Å². The molecule has 0 atom stereocenters. The molecule has 0 spiro atoms. The first-order chi connectivity index (χ1) is 21.3. The van der Waals surface area contributed by atoms with Crippen molar-refractivity contribution in [2.75, 3.05) is 65.0 Å². The van der Waals surface area contributed by atoms with Gasteiger partial charge in [-0.1, -0.05) is 23.2 Å². The third-order valence-corrected chi connectivity index (χ3v) is 8.27. The molecule has 1 aromatic carbocycles. The number of hydrogen-bond acceptors (Lipinski definition) is 10. The Bertz CT molecular complexity index is 1420. The number of esters is 1. The number of methoxy groups -OCH3 is 2. The summed E-state index contributed by atoms with van der Waals surface area (Å²) >= 11 is 12.6. The number of rotatable bonds is 10. The van der Waals surface area contributed by atoms with Crippen molar-refractivity contribution in [2.24, 2.45) is 5.92 Å². The minimum atomic E-state index is -0.154. The van der Waals surface area contributed by atoms with Crippen molar-refractivity contribution in [3.8, 4) is 22.9 Å². The third kappa shape index (κ3) is 8.56. The number of ether oxygens (including phenoxy) is 3. The summed E-state index contributed by atoms with van der Waals surface area (Å²) in [5.41, 5.74) is 2.48. The van der Waals surface area contributed by atoms with Gasteiger partial charge in [0.05, 0.1) is 25.2 Å². The molecule has 0 N–H and O–H groups in total. The van der Waals surface area contributed by atoms with Crippen LogP contribution in [0.4, 0.5) is 5.95 Å². The van der Waals surface area contributed by atoms with Gasteiger partial charge >= 0.3 is 5.97 Å². The summed E-state index contributed by atoms with van der Waals surface area (Å²) in [6.07, 6.45) is 5.58. The van der Waals surface area contributed by atoms with E-state index in [0.29, 0.717) is 78.4 Å². The zero-order valence-electron chi connectivity index (χ0n) is 24.9. The normalized spacial score (nSPS) is 16.2. The van der Waals surface area contributed by atoms with Gasteiger partial charge in [0, 0.05) is 67.9 Å². The highest BCUT2D eigenvalue weighted by Gasteiger charge is 2.24. The minimum absolute atomic E-state index is 0.0194. The van der Waals surface area contributed by atoms with Crippen molar-refractivity contribution >= 4 is 41.0 Å². The standard InChI is InChI=1S/C31H36Cl2N6O5/c1-42-20-29(40)38-7-9-39(10-8-38)31-34-17-26(18-35-31)44-28-12-22(11-27(36-28)23-14-24(32)16-25(33)15-23)19-37-5-3-21(4-6-37)13-30(41)43-2/h11-12,14-18,21H,3-10,13,19-20H2,1-2H3. The van der Waals surface area contributed by atoms with E-state index in [9.17, 15) is 9.59 Å². The van der Waals surface area contributed by atoms with Crippen molar-refractivity contribution < 1.29 is 23.8 Å². The summed E-state index contributed by atoms with van der Waals surface area (Å²) < 4.78 is 16.0. The van der Waals surface area contributed by atoms with E-state index in [1.165, 1.54) is 14.2 Å². The number of nitrogens with zero attached hydrogens (tertiary/aromatic N) is 6. The Morgan fingerprint density at radius 3 is 2.23 bits per heavy atom. The molecule has 11 nitrogen and oxygen atoms in total. The number of carbonyl (C=O) groups excluding carboxylic acids is 2. The number of hydrogen-bond donors (Lipinski definition) is 0. The Labute approximate surface area is 267 Å². The maximum absolute atomic E-state index is 12.1. The lowest BCUT2D eigenvalue weighted by Crippen LogP contribution is -2.50. The van der Waals surface area contributed by atoms with E-state index >= 15 is 0 Å². The van der Waals surface area contributed by atoms with Gasteiger partial charge in [0.15, 0.2) is 5.75 Å². The van der Waals surface area contributed by atoms with Crippen molar-refractivity contribution in [1.82, 2.24) is 24.8 Å². The summed E-state index contributed by atoms with van der Waals surface area (Å²) in [5, 5.41) is 1.03. The molecule has 4 heterocycles. The van der Waals surface area contributed by atoms with Gasteiger partial charge in [0.25, 0.3) is 0 Å². The second-order valence-corrected chi connectivity index (χ2v) is 11.9. The predicted molar refractivity (Wildman–Crippen MR) is 167 cm³/mol. The highest BCUT2D eigenvalue weighted by molar-refractivity contribution is 6.35. The number of piperazine rings is 1. The minimum Gasteiger partial charge on any atom is -0.469 e. The fraction of sp³-hybridized carbons (Fsp3) is 0.452. The Morgan fingerprint density at radius 1 is 0.909 bits per heavy atom. The van der Waals surface area contributed by atoms with Crippen LogP contribution in [0.1, 0.15) is 24.8 Å². The second kappa shape index (κ2) is 15.0. The zero-order chi connectivity index (χ0) is 31.1. The van der Waals surface area contributed by atoms with Crippen LogP contribution in [-0.4, -0.2) is 96.7 Å². The van der Waals surface area contributed by atoms with Crippen molar-refractivity contribution in [2.45, 2.75) is 25.8 Å². The largest absolute Gasteiger partial charge is 0.469 e. The molecule has 1 amide bonds. The van der Waals surface area contributed by atoms with Gasteiger partial charge in [-0.2, -0.15) is 0 Å². The van der Waals surface area contributed by atoms with E-state index in [1.807, 2.05) is 29.2 Å². The van der Waals surface area contributed by atoms with Crippen molar-refractivity contribution in [1.29, 1.82) is 0 Å². The summed E-state index contributed by atoms with van der Waals surface area (Å²) in [7, 11) is 2.95. The van der Waals surface area contributed by atoms with Crippen LogP contribution in [0.3, 0.4) is 0 Å². The van der Waals surface area contributed by atoms with Crippen molar-refractivity contribution in [3.05, 3.63) is 58.3 Å². The number of halogens is 2. The molecule has 2 saturated heterocycles. The third-order valence-electron chi connectivity index (χ3n) is 7.84. The van der Waals surface area contributed by atoms with Crippen LogP contribution in [0.5, 0.6) is 11.6 Å². The Balaban J connectivity index is 1.29.